The predicted octanol–water partition coefficient (Wildman–Crippen LogP) is 1.42. The highest BCUT2D eigenvalue weighted by atomic mass is 16.5. The summed E-state index contributed by atoms with van der Waals surface area (Å²) >= 11 is 0. The van der Waals surface area contributed by atoms with Crippen LogP contribution in [0.4, 0.5) is 0 Å². The second-order valence-electron chi connectivity index (χ2n) is 5.16. The fourth-order valence-corrected chi connectivity index (χ4v) is 2.42. The topological polar surface area (TPSA) is 71.2 Å². The summed E-state index contributed by atoms with van der Waals surface area (Å²) in [5, 5.41) is 2.75. The first-order valence-electron chi connectivity index (χ1n) is 6.85. The number of benzene rings is 1. The van der Waals surface area contributed by atoms with Gasteiger partial charge in [0.15, 0.2) is 5.43 Å². The highest BCUT2D eigenvalue weighted by Gasteiger charge is 2.23. The van der Waals surface area contributed by atoms with Crippen molar-refractivity contribution in [1.29, 1.82) is 0 Å². The van der Waals surface area contributed by atoms with E-state index < -0.39 is 0 Å². The zero-order valence-electron chi connectivity index (χ0n) is 11.7. The maximum absolute atomic E-state index is 12.0. The molecule has 0 saturated heterocycles. The van der Waals surface area contributed by atoms with Crippen LogP contribution in [0.15, 0.2) is 41.3 Å². The normalized spacial score (nSPS) is 16.1. The maximum atomic E-state index is 12.0. The number of hydrogen-bond donors (Lipinski definition) is 2. The van der Waals surface area contributed by atoms with Gasteiger partial charge >= 0.3 is 0 Å². The number of hydrogen-bond acceptors (Lipinski definition) is 3. The molecule has 0 aliphatic carbocycles. The molecule has 21 heavy (non-hydrogen) atoms. The molecule has 0 bridgehead atoms. The molecule has 0 spiro atoms. The number of carbonyl (C=O) groups is 1. The number of fused-ring (bicyclic) bond motifs is 1. The van der Waals surface area contributed by atoms with Gasteiger partial charge in [0, 0.05) is 24.4 Å². The van der Waals surface area contributed by atoms with Crippen molar-refractivity contribution in [3.8, 4) is 5.75 Å². The van der Waals surface area contributed by atoms with Crippen molar-refractivity contribution in [2.75, 3.05) is 6.54 Å². The van der Waals surface area contributed by atoms with Gasteiger partial charge in [0.1, 0.15) is 17.4 Å². The number of rotatable bonds is 3. The molecule has 5 heteroatoms. The van der Waals surface area contributed by atoms with Crippen LogP contribution in [-0.2, 0) is 6.42 Å². The molecule has 2 heterocycles. The first kappa shape index (κ1) is 13.4. The van der Waals surface area contributed by atoms with Crippen molar-refractivity contribution in [1.82, 2.24) is 10.3 Å². The van der Waals surface area contributed by atoms with Crippen LogP contribution in [0, 0.1) is 6.92 Å². The molecule has 108 valence electrons. The first-order valence-corrected chi connectivity index (χ1v) is 6.85. The van der Waals surface area contributed by atoms with Gasteiger partial charge in [-0.3, -0.25) is 9.59 Å². The van der Waals surface area contributed by atoms with E-state index in [1.165, 1.54) is 12.3 Å². The van der Waals surface area contributed by atoms with Crippen molar-refractivity contribution in [2.24, 2.45) is 0 Å². The third kappa shape index (κ3) is 2.81. The van der Waals surface area contributed by atoms with Crippen LogP contribution in [-0.4, -0.2) is 23.5 Å². The van der Waals surface area contributed by atoms with Gasteiger partial charge in [-0.15, -0.1) is 0 Å². The summed E-state index contributed by atoms with van der Waals surface area (Å²) in [7, 11) is 0. The van der Waals surface area contributed by atoms with Crippen molar-refractivity contribution in [3.63, 3.8) is 0 Å². The van der Waals surface area contributed by atoms with E-state index in [4.69, 9.17) is 4.74 Å². The van der Waals surface area contributed by atoms with E-state index in [0.717, 1.165) is 23.4 Å². The summed E-state index contributed by atoms with van der Waals surface area (Å²) < 4.78 is 5.74. The lowest BCUT2D eigenvalue weighted by molar-refractivity contribution is 0.0932. The van der Waals surface area contributed by atoms with Crippen LogP contribution in [0.25, 0.3) is 0 Å². The van der Waals surface area contributed by atoms with E-state index in [2.05, 4.69) is 10.3 Å². The Bertz CT molecular complexity index is 711. The van der Waals surface area contributed by atoms with Crippen molar-refractivity contribution < 1.29 is 9.53 Å². The van der Waals surface area contributed by atoms with Gasteiger partial charge in [-0.1, -0.05) is 18.2 Å². The molecule has 0 fully saturated rings. The highest BCUT2D eigenvalue weighted by molar-refractivity contribution is 5.93. The number of H-pyrrole nitrogens is 1. The van der Waals surface area contributed by atoms with E-state index in [-0.39, 0.29) is 23.0 Å². The van der Waals surface area contributed by atoms with Gasteiger partial charge in [-0.25, -0.2) is 0 Å². The van der Waals surface area contributed by atoms with E-state index in [9.17, 15) is 9.59 Å². The summed E-state index contributed by atoms with van der Waals surface area (Å²) in [5.41, 5.74) is 1.71. The minimum atomic E-state index is -0.379. The molecule has 0 saturated carbocycles. The molecule has 1 aromatic carbocycles. The SMILES string of the molecule is Cc1cc(=O)c(C(=O)NCC2Cc3ccccc3O2)c[nH]1. The number of aromatic amines is 1. The molecular formula is C16H16N2O3. The molecule has 5 nitrogen and oxygen atoms in total. The van der Waals surface area contributed by atoms with Crippen LogP contribution >= 0.6 is 0 Å². The average molecular weight is 284 g/mol. The lowest BCUT2D eigenvalue weighted by Gasteiger charge is -2.11. The van der Waals surface area contributed by atoms with Crippen LogP contribution < -0.4 is 15.5 Å². The number of ether oxygens (including phenoxy) is 1. The molecule has 2 N–H and O–H groups in total. The number of carbonyl (C=O) groups excluding carboxylic acids is 1. The lowest BCUT2D eigenvalue weighted by Crippen LogP contribution is -2.36. The molecule has 3 rings (SSSR count). The second-order valence-corrected chi connectivity index (χ2v) is 5.16. The fraction of sp³-hybridized carbons (Fsp3) is 0.250. The van der Waals surface area contributed by atoms with Crippen LogP contribution in [0.1, 0.15) is 21.6 Å². The van der Waals surface area contributed by atoms with Crippen molar-refractivity contribution in [3.05, 3.63) is 63.6 Å². The predicted molar refractivity (Wildman–Crippen MR) is 78.7 cm³/mol. The standard InChI is InChI=1S/C16H16N2O3/c1-10-6-14(19)13(9-17-10)16(20)18-8-12-7-11-4-2-3-5-15(11)21-12/h2-6,9,12H,7-8H2,1H3,(H,17,19)(H,18,20). The highest BCUT2D eigenvalue weighted by Crippen LogP contribution is 2.27. The smallest absolute Gasteiger partial charge is 0.256 e. The molecule has 1 aliphatic rings. The van der Waals surface area contributed by atoms with Crippen LogP contribution in [0.3, 0.4) is 0 Å². The minimum absolute atomic E-state index is 0.0871. The third-order valence-electron chi connectivity index (χ3n) is 3.51. The zero-order chi connectivity index (χ0) is 14.8. The molecule has 1 atom stereocenters. The number of amides is 1. The van der Waals surface area contributed by atoms with Crippen molar-refractivity contribution in [2.45, 2.75) is 19.4 Å². The van der Waals surface area contributed by atoms with Crippen LogP contribution in [0.2, 0.25) is 0 Å². The maximum Gasteiger partial charge on any atom is 0.256 e. The Labute approximate surface area is 122 Å². The quantitative estimate of drug-likeness (QED) is 0.895. The summed E-state index contributed by atoms with van der Waals surface area (Å²) in [6.07, 6.45) is 2.12. The zero-order valence-corrected chi connectivity index (χ0v) is 11.7. The van der Waals surface area contributed by atoms with Gasteiger partial charge < -0.3 is 15.0 Å². The van der Waals surface area contributed by atoms with Crippen LogP contribution in [0.5, 0.6) is 5.75 Å². The third-order valence-corrected chi connectivity index (χ3v) is 3.51. The molecule has 0 radical (unpaired) electrons. The largest absolute Gasteiger partial charge is 0.488 e. The Morgan fingerprint density at radius 2 is 2.24 bits per heavy atom. The van der Waals surface area contributed by atoms with Gasteiger partial charge in [0.25, 0.3) is 5.91 Å². The van der Waals surface area contributed by atoms with Gasteiger partial charge in [-0.2, -0.15) is 0 Å². The summed E-state index contributed by atoms with van der Waals surface area (Å²) in [6.45, 7) is 2.15. The molecule has 2 aromatic rings. The first-order chi connectivity index (χ1) is 10.1. The molecule has 1 unspecified atom stereocenters. The summed E-state index contributed by atoms with van der Waals surface area (Å²) in [5.74, 6) is 0.487. The Kier molecular flexibility index (Phi) is 3.48. The van der Waals surface area contributed by atoms with E-state index in [0.29, 0.717) is 6.54 Å². The number of pyridine rings is 1. The van der Waals surface area contributed by atoms with Crippen molar-refractivity contribution >= 4 is 5.91 Å². The summed E-state index contributed by atoms with van der Waals surface area (Å²) in [6, 6.07) is 9.24. The molecule has 1 aliphatic heterocycles. The Morgan fingerprint density at radius 1 is 1.43 bits per heavy atom. The van der Waals surface area contributed by atoms with Gasteiger partial charge in [0.2, 0.25) is 0 Å². The van der Waals surface area contributed by atoms with E-state index >= 15 is 0 Å². The Balaban J connectivity index is 1.61. The number of aromatic nitrogens is 1. The molecule has 1 aromatic heterocycles. The Morgan fingerprint density at radius 3 is 3.00 bits per heavy atom. The molecule has 1 amide bonds. The fourth-order valence-electron chi connectivity index (χ4n) is 2.42. The Hall–Kier alpha value is -2.56. The number of para-hydroxylation sites is 1. The summed E-state index contributed by atoms with van der Waals surface area (Å²) in [4.78, 5) is 26.6. The average Bonchev–Trinajstić information content (AvgIpc) is 2.87. The second kappa shape index (κ2) is 5.44. The van der Waals surface area contributed by atoms with Gasteiger partial charge in [0.05, 0.1) is 6.54 Å². The van der Waals surface area contributed by atoms with Gasteiger partial charge in [-0.05, 0) is 18.6 Å². The van der Waals surface area contributed by atoms with E-state index in [1.807, 2.05) is 24.3 Å². The lowest BCUT2D eigenvalue weighted by atomic mass is 10.1. The monoisotopic (exact) mass is 284 g/mol. The number of nitrogens with one attached hydrogen (secondary N) is 2. The number of aryl methyl sites for hydroxylation is 1. The minimum Gasteiger partial charge on any atom is -0.488 e. The van der Waals surface area contributed by atoms with E-state index in [1.54, 1.807) is 6.92 Å². The molecular weight excluding hydrogens is 268 g/mol.